The maximum Gasteiger partial charge on any atom is 0.132 e. The summed E-state index contributed by atoms with van der Waals surface area (Å²) in [4.78, 5) is 11.6. The van der Waals surface area contributed by atoms with Gasteiger partial charge in [0.05, 0.1) is 6.61 Å². The highest BCUT2D eigenvalue weighted by molar-refractivity contribution is 5.78. The lowest BCUT2D eigenvalue weighted by Gasteiger charge is -2.17. The van der Waals surface area contributed by atoms with E-state index in [1.54, 1.807) is 0 Å². The molecule has 0 bridgehead atoms. The second kappa shape index (κ2) is 8.86. The van der Waals surface area contributed by atoms with Gasteiger partial charge in [-0.2, -0.15) is 0 Å². The van der Waals surface area contributed by atoms with E-state index in [1.807, 2.05) is 0 Å². The summed E-state index contributed by atoms with van der Waals surface area (Å²) in [5.74, 6) is 1.41. The van der Waals surface area contributed by atoms with E-state index in [9.17, 15) is 4.79 Å². The number of aryl methyl sites for hydroxylation is 1. The van der Waals surface area contributed by atoms with Crippen molar-refractivity contribution < 1.29 is 9.53 Å². The van der Waals surface area contributed by atoms with E-state index in [0.717, 1.165) is 44.5 Å². The molecular formula is C19H30O2. The normalized spacial score (nSPS) is 10.7. The molecule has 1 rings (SSSR count). The highest BCUT2D eigenvalue weighted by Gasteiger charge is 2.11. The number of ether oxygens (including phenoxy) is 1. The molecule has 0 saturated carbocycles. The van der Waals surface area contributed by atoms with Gasteiger partial charge in [0.25, 0.3) is 0 Å². The summed E-state index contributed by atoms with van der Waals surface area (Å²) in [6.45, 7) is 11.4. The van der Waals surface area contributed by atoms with E-state index >= 15 is 0 Å². The van der Waals surface area contributed by atoms with Crippen molar-refractivity contribution in [2.45, 2.75) is 73.1 Å². The molecule has 118 valence electrons. The molecule has 0 heterocycles. The summed E-state index contributed by atoms with van der Waals surface area (Å²) in [7, 11) is 0. The third-order valence-electron chi connectivity index (χ3n) is 4.08. The Hall–Kier alpha value is -1.31. The Morgan fingerprint density at radius 3 is 2.38 bits per heavy atom. The smallest absolute Gasteiger partial charge is 0.132 e. The number of carbonyl (C=O) groups excluding carboxylic acids is 1. The van der Waals surface area contributed by atoms with Crippen LogP contribution in [0.15, 0.2) is 6.07 Å². The van der Waals surface area contributed by atoms with Crippen LogP contribution >= 0.6 is 0 Å². The monoisotopic (exact) mass is 290 g/mol. The Kier molecular flexibility index (Phi) is 7.49. The quantitative estimate of drug-likeness (QED) is 0.633. The largest absolute Gasteiger partial charge is 0.493 e. The number of hydrogen-bond donors (Lipinski definition) is 0. The Morgan fingerprint density at radius 1 is 1.05 bits per heavy atom. The van der Waals surface area contributed by atoms with Crippen molar-refractivity contribution in [1.82, 2.24) is 0 Å². The highest BCUT2D eigenvalue weighted by atomic mass is 16.5. The third-order valence-corrected chi connectivity index (χ3v) is 4.08. The molecule has 0 saturated heterocycles. The molecule has 0 aliphatic heterocycles. The topological polar surface area (TPSA) is 26.3 Å². The average Bonchev–Trinajstić information content (AvgIpc) is 2.45. The second-order valence-electron chi connectivity index (χ2n) is 5.91. The minimum atomic E-state index is 0.396. The molecule has 0 aliphatic rings. The van der Waals surface area contributed by atoms with E-state index in [1.165, 1.54) is 22.3 Å². The molecular weight excluding hydrogens is 260 g/mol. The van der Waals surface area contributed by atoms with Crippen molar-refractivity contribution in [2.75, 3.05) is 6.61 Å². The van der Waals surface area contributed by atoms with Gasteiger partial charge in [0, 0.05) is 12.8 Å². The lowest BCUT2D eigenvalue weighted by Crippen LogP contribution is -2.04. The van der Waals surface area contributed by atoms with Crippen LogP contribution < -0.4 is 4.74 Å². The lowest BCUT2D eigenvalue weighted by atomic mass is 9.93. The molecule has 0 unspecified atom stereocenters. The molecule has 0 fully saturated rings. The molecule has 0 atom stereocenters. The van der Waals surface area contributed by atoms with Gasteiger partial charge in [-0.25, -0.2) is 0 Å². The van der Waals surface area contributed by atoms with E-state index in [4.69, 9.17) is 4.74 Å². The maximum absolute atomic E-state index is 11.6. The first kappa shape index (κ1) is 17.7. The fourth-order valence-corrected chi connectivity index (χ4v) is 2.71. The molecule has 0 amide bonds. The van der Waals surface area contributed by atoms with Gasteiger partial charge >= 0.3 is 0 Å². The van der Waals surface area contributed by atoms with Crippen LogP contribution in [0.5, 0.6) is 5.75 Å². The molecule has 0 N–H and O–H groups in total. The second-order valence-corrected chi connectivity index (χ2v) is 5.91. The van der Waals surface area contributed by atoms with Crippen LogP contribution in [0.1, 0.15) is 68.2 Å². The van der Waals surface area contributed by atoms with Crippen molar-refractivity contribution in [2.24, 2.45) is 0 Å². The number of benzene rings is 1. The zero-order chi connectivity index (χ0) is 15.8. The predicted molar refractivity (Wildman–Crippen MR) is 89.3 cm³/mol. The molecule has 2 heteroatoms. The van der Waals surface area contributed by atoms with Gasteiger partial charge in [0.1, 0.15) is 11.5 Å². The Bertz CT molecular complexity index is 475. The fourth-order valence-electron chi connectivity index (χ4n) is 2.71. The zero-order valence-electron chi connectivity index (χ0n) is 14.3. The number of Topliss-reactive ketones (excluding diaryl/α,β-unsaturated/α-hetero) is 1. The van der Waals surface area contributed by atoms with E-state index in [0.29, 0.717) is 12.2 Å². The first-order valence-electron chi connectivity index (χ1n) is 8.25. The standard InChI is InChI=1S/C19H30O2/c1-6-9-17(20)10-8-11-18-14(3)13-19(21-12-7-2)16(5)15(18)4/h13H,6-12H2,1-5H3. The van der Waals surface area contributed by atoms with Crippen molar-refractivity contribution >= 4 is 5.78 Å². The minimum Gasteiger partial charge on any atom is -0.493 e. The van der Waals surface area contributed by atoms with Crippen molar-refractivity contribution in [1.29, 1.82) is 0 Å². The van der Waals surface area contributed by atoms with Crippen LogP contribution in [0.2, 0.25) is 0 Å². The summed E-state index contributed by atoms with van der Waals surface area (Å²) in [6.07, 6.45) is 5.36. The van der Waals surface area contributed by atoms with Crippen LogP contribution in [-0.4, -0.2) is 12.4 Å². The molecule has 2 nitrogen and oxygen atoms in total. The molecule has 21 heavy (non-hydrogen) atoms. The third kappa shape index (κ3) is 5.18. The van der Waals surface area contributed by atoms with Crippen molar-refractivity contribution in [3.63, 3.8) is 0 Å². The van der Waals surface area contributed by atoms with Crippen LogP contribution in [0.4, 0.5) is 0 Å². The highest BCUT2D eigenvalue weighted by Crippen LogP contribution is 2.29. The van der Waals surface area contributed by atoms with Gasteiger partial charge < -0.3 is 4.74 Å². The first-order chi connectivity index (χ1) is 10.0. The van der Waals surface area contributed by atoms with Crippen molar-refractivity contribution in [3.05, 3.63) is 28.3 Å². The van der Waals surface area contributed by atoms with Crippen LogP contribution in [0, 0.1) is 20.8 Å². The summed E-state index contributed by atoms with van der Waals surface area (Å²) in [5.41, 5.74) is 5.24. The molecule has 1 aromatic carbocycles. The minimum absolute atomic E-state index is 0.396. The van der Waals surface area contributed by atoms with Crippen LogP contribution in [0.3, 0.4) is 0 Å². The molecule has 0 spiro atoms. The number of ketones is 1. The Labute approximate surface area is 129 Å². The number of carbonyl (C=O) groups is 1. The summed E-state index contributed by atoms with van der Waals surface area (Å²) in [5, 5.41) is 0. The lowest BCUT2D eigenvalue weighted by molar-refractivity contribution is -0.119. The predicted octanol–water partition coefficient (Wildman–Crippen LogP) is 5.09. The van der Waals surface area contributed by atoms with Gasteiger partial charge in [-0.1, -0.05) is 13.8 Å². The molecule has 0 radical (unpaired) electrons. The number of rotatable bonds is 9. The van der Waals surface area contributed by atoms with E-state index in [-0.39, 0.29) is 0 Å². The average molecular weight is 290 g/mol. The fraction of sp³-hybridized carbons (Fsp3) is 0.632. The summed E-state index contributed by atoms with van der Waals surface area (Å²) in [6, 6.07) is 2.15. The van der Waals surface area contributed by atoms with Crippen LogP contribution in [-0.2, 0) is 11.2 Å². The molecule has 0 aliphatic carbocycles. The molecule has 1 aromatic rings. The van der Waals surface area contributed by atoms with E-state index in [2.05, 4.69) is 40.7 Å². The van der Waals surface area contributed by atoms with Gasteiger partial charge in [0.15, 0.2) is 0 Å². The van der Waals surface area contributed by atoms with Crippen molar-refractivity contribution in [3.8, 4) is 5.75 Å². The summed E-state index contributed by atoms with van der Waals surface area (Å²) >= 11 is 0. The molecule has 0 aromatic heterocycles. The van der Waals surface area contributed by atoms with Gasteiger partial charge in [0.2, 0.25) is 0 Å². The van der Waals surface area contributed by atoms with Gasteiger partial charge in [-0.3, -0.25) is 4.79 Å². The van der Waals surface area contributed by atoms with Crippen LogP contribution in [0.25, 0.3) is 0 Å². The maximum atomic E-state index is 11.6. The number of hydrogen-bond acceptors (Lipinski definition) is 2. The zero-order valence-corrected chi connectivity index (χ0v) is 14.3. The van der Waals surface area contributed by atoms with E-state index < -0.39 is 0 Å². The Balaban J connectivity index is 2.75. The first-order valence-corrected chi connectivity index (χ1v) is 8.25. The summed E-state index contributed by atoms with van der Waals surface area (Å²) < 4.78 is 5.82. The Morgan fingerprint density at radius 2 is 1.76 bits per heavy atom. The van der Waals surface area contributed by atoms with Gasteiger partial charge in [-0.05, 0) is 74.8 Å². The van der Waals surface area contributed by atoms with Gasteiger partial charge in [-0.15, -0.1) is 0 Å². The SMILES string of the molecule is CCCOc1cc(C)c(CCCC(=O)CCC)c(C)c1C.